The Balaban J connectivity index is 0.00000220. The van der Waals surface area contributed by atoms with Crippen molar-refractivity contribution in [2.75, 3.05) is 39.3 Å². The van der Waals surface area contributed by atoms with Gasteiger partial charge in [0, 0.05) is 26.2 Å². The summed E-state index contributed by atoms with van der Waals surface area (Å²) in [6, 6.07) is 10.2. The van der Waals surface area contributed by atoms with Crippen molar-refractivity contribution in [3.05, 3.63) is 35.9 Å². The Morgan fingerprint density at radius 3 is 2.71 bits per heavy atom. The Labute approximate surface area is 133 Å². The molecule has 1 amide bonds. The molecule has 4 nitrogen and oxygen atoms in total. The molecule has 1 fully saturated rings. The van der Waals surface area contributed by atoms with Gasteiger partial charge in [-0.1, -0.05) is 30.3 Å². The zero-order valence-electron chi connectivity index (χ0n) is 12.8. The van der Waals surface area contributed by atoms with Crippen LogP contribution in [0.1, 0.15) is 18.9 Å². The third-order valence-corrected chi connectivity index (χ3v) is 3.74. The number of nitrogens with zero attached hydrogens (tertiary/aromatic N) is 2. The summed E-state index contributed by atoms with van der Waals surface area (Å²) in [5.74, 6) is 0.234. The monoisotopic (exact) mass is 311 g/mol. The van der Waals surface area contributed by atoms with Crippen LogP contribution in [0.3, 0.4) is 0 Å². The van der Waals surface area contributed by atoms with Crippen molar-refractivity contribution in [1.82, 2.24) is 15.1 Å². The number of carbonyl (C=O) groups excluding carboxylic acids is 1. The Kier molecular flexibility index (Phi) is 8.35. The molecule has 1 aliphatic rings. The number of amides is 1. The SMILES string of the molecule is CCN(Cc1ccccc1)C(=O)CN1CCCNCC1.Cl. The number of hydrogen-bond acceptors (Lipinski definition) is 3. The van der Waals surface area contributed by atoms with Crippen molar-refractivity contribution in [3.63, 3.8) is 0 Å². The fourth-order valence-corrected chi connectivity index (χ4v) is 2.53. The Hall–Kier alpha value is -1.10. The molecule has 0 spiro atoms. The van der Waals surface area contributed by atoms with Gasteiger partial charge in [0.15, 0.2) is 0 Å². The average molecular weight is 312 g/mol. The second kappa shape index (κ2) is 9.77. The predicted molar refractivity (Wildman–Crippen MR) is 88.7 cm³/mol. The van der Waals surface area contributed by atoms with Gasteiger partial charge in [-0.3, -0.25) is 9.69 Å². The first-order chi connectivity index (χ1) is 9.79. The smallest absolute Gasteiger partial charge is 0.237 e. The van der Waals surface area contributed by atoms with E-state index in [1.54, 1.807) is 0 Å². The fourth-order valence-electron chi connectivity index (χ4n) is 2.53. The van der Waals surface area contributed by atoms with Crippen molar-refractivity contribution in [3.8, 4) is 0 Å². The summed E-state index contributed by atoms with van der Waals surface area (Å²) in [7, 11) is 0. The van der Waals surface area contributed by atoms with Crippen LogP contribution in [0.2, 0.25) is 0 Å². The zero-order valence-corrected chi connectivity index (χ0v) is 13.6. The maximum Gasteiger partial charge on any atom is 0.237 e. The van der Waals surface area contributed by atoms with E-state index in [0.29, 0.717) is 13.1 Å². The van der Waals surface area contributed by atoms with E-state index < -0.39 is 0 Å². The minimum absolute atomic E-state index is 0. The third kappa shape index (κ3) is 6.04. The van der Waals surface area contributed by atoms with E-state index >= 15 is 0 Å². The summed E-state index contributed by atoms with van der Waals surface area (Å²) >= 11 is 0. The molecule has 1 aliphatic heterocycles. The number of likely N-dealkylation sites (N-methyl/N-ethyl adjacent to an activating group) is 1. The van der Waals surface area contributed by atoms with Crippen LogP contribution in [-0.4, -0.2) is 55.0 Å². The van der Waals surface area contributed by atoms with E-state index in [9.17, 15) is 4.79 Å². The highest BCUT2D eigenvalue weighted by Gasteiger charge is 2.17. The van der Waals surface area contributed by atoms with Crippen LogP contribution >= 0.6 is 12.4 Å². The normalized spacial score (nSPS) is 15.9. The third-order valence-electron chi connectivity index (χ3n) is 3.74. The van der Waals surface area contributed by atoms with E-state index in [4.69, 9.17) is 0 Å². The van der Waals surface area contributed by atoms with Gasteiger partial charge in [-0.15, -0.1) is 12.4 Å². The summed E-state index contributed by atoms with van der Waals surface area (Å²) in [6.45, 7) is 8.09. The van der Waals surface area contributed by atoms with E-state index in [-0.39, 0.29) is 18.3 Å². The first kappa shape index (κ1) is 18.0. The Morgan fingerprint density at radius 1 is 1.24 bits per heavy atom. The molecular formula is C16H26ClN3O. The van der Waals surface area contributed by atoms with Gasteiger partial charge in [0.1, 0.15) is 0 Å². The van der Waals surface area contributed by atoms with Crippen LogP contribution < -0.4 is 5.32 Å². The van der Waals surface area contributed by atoms with E-state index in [0.717, 1.165) is 39.1 Å². The van der Waals surface area contributed by atoms with Crippen molar-refractivity contribution in [2.45, 2.75) is 19.9 Å². The highest BCUT2D eigenvalue weighted by molar-refractivity contribution is 5.85. The molecule has 0 saturated carbocycles. The number of nitrogens with one attached hydrogen (secondary N) is 1. The molecular weight excluding hydrogens is 286 g/mol. The number of benzene rings is 1. The maximum absolute atomic E-state index is 12.4. The molecule has 1 saturated heterocycles. The molecule has 1 aromatic carbocycles. The molecule has 1 aromatic rings. The van der Waals surface area contributed by atoms with Gasteiger partial charge in [0.25, 0.3) is 0 Å². The maximum atomic E-state index is 12.4. The molecule has 2 rings (SSSR count). The van der Waals surface area contributed by atoms with Crippen LogP contribution in [0, 0.1) is 0 Å². The molecule has 21 heavy (non-hydrogen) atoms. The summed E-state index contributed by atoms with van der Waals surface area (Å²) in [6.07, 6.45) is 1.12. The molecule has 1 heterocycles. The average Bonchev–Trinajstić information content (AvgIpc) is 2.74. The van der Waals surface area contributed by atoms with Gasteiger partial charge in [-0.05, 0) is 32.0 Å². The van der Waals surface area contributed by atoms with Gasteiger partial charge >= 0.3 is 0 Å². The summed E-state index contributed by atoms with van der Waals surface area (Å²) in [4.78, 5) is 16.6. The van der Waals surface area contributed by atoms with Crippen molar-refractivity contribution in [2.24, 2.45) is 0 Å². The molecule has 0 bridgehead atoms. The second-order valence-electron chi connectivity index (χ2n) is 5.27. The standard InChI is InChI=1S/C16H25N3O.ClH/c1-2-19(13-15-7-4-3-5-8-15)16(20)14-18-11-6-9-17-10-12-18;/h3-5,7-8,17H,2,6,9-14H2,1H3;1H. The van der Waals surface area contributed by atoms with Crippen molar-refractivity contribution < 1.29 is 4.79 Å². The van der Waals surface area contributed by atoms with Crippen LogP contribution in [-0.2, 0) is 11.3 Å². The zero-order chi connectivity index (χ0) is 14.2. The highest BCUT2D eigenvalue weighted by atomic mass is 35.5. The number of carbonyl (C=O) groups is 1. The molecule has 1 N–H and O–H groups in total. The highest BCUT2D eigenvalue weighted by Crippen LogP contribution is 2.06. The lowest BCUT2D eigenvalue weighted by Crippen LogP contribution is -2.41. The van der Waals surface area contributed by atoms with Crippen LogP contribution in [0.5, 0.6) is 0 Å². The van der Waals surface area contributed by atoms with Crippen molar-refractivity contribution >= 4 is 18.3 Å². The first-order valence-corrected chi connectivity index (χ1v) is 7.54. The van der Waals surface area contributed by atoms with E-state index in [1.165, 1.54) is 5.56 Å². The number of rotatable bonds is 5. The summed E-state index contributed by atoms with van der Waals surface area (Å²) < 4.78 is 0. The molecule has 5 heteroatoms. The lowest BCUT2D eigenvalue weighted by molar-refractivity contribution is -0.132. The minimum Gasteiger partial charge on any atom is -0.338 e. The van der Waals surface area contributed by atoms with Crippen molar-refractivity contribution in [1.29, 1.82) is 0 Å². The molecule has 0 radical (unpaired) electrons. The van der Waals surface area contributed by atoms with Crippen LogP contribution in [0.25, 0.3) is 0 Å². The number of halogens is 1. The molecule has 0 aromatic heterocycles. The van der Waals surface area contributed by atoms with E-state index in [1.807, 2.05) is 30.0 Å². The quantitative estimate of drug-likeness (QED) is 0.900. The largest absolute Gasteiger partial charge is 0.338 e. The van der Waals surface area contributed by atoms with Gasteiger partial charge in [0.2, 0.25) is 5.91 Å². The fraction of sp³-hybridized carbons (Fsp3) is 0.562. The summed E-state index contributed by atoms with van der Waals surface area (Å²) in [5, 5.41) is 3.37. The molecule has 0 unspecified atom stereocenters. The second-order valence-corrected chi connectivity index (χ2v) is 5.27. The van der Waals surface area contributed by atoms with Crippen LogP contribution in [0.15, 0.2) is 30.3 Å². The first-order valence-electron chi connectivity index (χ1n) is 7.54. The molecule has 0 aliphatic carbocycles. The summed E-state index contributed by atoms with van der Waals surface area (Å²) in [5.41, 5.74) is 1.19. The van der Waals surface area contributed by atoms with Gasteiger partial charge in [-0.25, -0.2) is 0 Å². The van der Waals surface area contributed by atoms with Gasteiger partial charge < -0.3 is 10.2 Å². The van der Waals surface area contributed by atoms with Gasteiger partial charge in [0.05, 0.1) is 6.54 Å². The topological polar surface area (TPSA) is 35.6 Å². The van der Waals surface area contributed by atoms with Crippen LogP contribution in [0.4, 0.5) is 0 Å². The minimum atomic E-state index is 0. The van der Waals surface area contributed by atoms with Gasteiger partial charge in [-0.2, -0.15) is 0 Å². The lowest BCUT2D eigenvalue weighted by Gasteiger charge is -2.25. The van der Waals surface area contributed by atoms with E-state index in [2.05, 4.69) is 22.3 Å². The predicted octanol–water partition coefficient (Wildman–Crippen LogP) is 1.75. The lowest BCUT2D eigenvalue weighted by atomic mass is 10.2. The number of hydrogen-bond donors (Lipinski definition) is 1. The Morgan fingerprint density at radius 2 is 2.00 bits per heavy atom. The molecule has 118 valence electrons. The molecule has 0 atom stereocenters. The Bertz CT molecular complexity index is 405.